The van der Waals surface area contributed by atoms with Crippen molar-refractivity contribution in [1.82, 2.24) is 10.2 Å². The van der Waals surface area contributed by atoms with Crippen LogP contribution < -0.4 is 11.1 Å². The summed E-state index contributed by atoms with van der Waals surface area (Å²) in [6, 6.07) is 4.68. The van der Waals surface area contributed by atoms with Crippen molar-refractivity contribution >= 4 is 41.5 Å². The largest absolute Gasteiger partial charge is 0.399 e. The number of benzene rings is 1. The Bertz CT molecular complexity index is 517. The number of likely N-dealkylation sites (tertiary alicyclic amines) is 1. The monoisotopic (exact) mass is 331 g/mol. The Morgan fingerprint density at radius 2 is 1.90 bits per heavy atom. The number of amides is 2. The standard InChI is InChI=1S/C14H18ClN3O2.ClH/c15-12-8-10(16)4-5-11(12)14(20)17-9-13(19)18-6-2-1-3-7-18;/h4-5,8H,1-3,6-7,9,16H2,(H,17,20);1H. The number of carbonyl (C=O) groups excluding carboxylic acids is 2. The lowest BCUT2D eigenvalue weighted by Crippen LogP contribution is -2.42. The Morgan fingerprint density at radius 1 is 1.24 bits per heavy atom. The lowest BCUT2D eigenvalue weighted by atomic mass is 10.1. The highest BCUT2D eigenvalue weighted by atomic mass is 35.5. The molecule has 1 aromatic carbocycles. The summed E-state index contributed by atoms with van der Waals surface area (Å²) in [5.74, 6) is -0.412. The van der Waals surface area contributed by atoms with Crippen LogP contribution in [-0.2, 0) is 4.79 Å². The quantitative estimate of drug-likeness (QED) is 0.832. The number of hydrogen-bond acceptors (Lipinski definition) is 3. The van der Waals surface area contributed by atoms with E-state index >= 15 is 0 Å². The molecular formula is C14H19Cl2N3O2. The van der Waals surface area contributed by atoms with Gasteiger partial charge in [0, 0.05) is 18.8 Å². The van der Waals surface area contributed by atoms with E-state index in [0.29, 0.717) is 11.3 Å². The maximum Gasteiger partial charge on any atom is 0.253 e. The van der Waals surface area contributed by atoms with Crippen molar-refractivity contribution in [2.45, 2.75) is 19.3 Å². The van der Waals surface area contributed by atoms with Crippen molar-refractivity contribution in [3.05, 3.63) is 28.8 Å². The van der Waals surface area contributed by atoms with E-state index < -0.39 is 0 Å². The minimum Gasteiger partial charge on any atom is -0.399 e. The molecule has 1 heterocycles. The van der Waals surface area contributed by atoms with Gasteiger partial charge in [0.2, 0.25) is 5.91 Å². The van der Waals surface area contributed by atoms with E-state index in [4.69, 9.17) is 17.3 Å². The van der Waals surface area contributed by atoms with Crippen molar-refractivity contribution in [3.8, 4) is 0 Å². The van der Waals surface area contributed by atoms with Gasteiger partial charge < -0.3 is 16.0 Å². The molecule has 116 valence electrons. The second-order valence-electron chi connectivity index (χ2n) is 4.86. The molecule has 0 atom stereocenters. The highest BCUT2D eigenvalue weighted by Gasteiger charge is 2.18. The summed E-state index contributed by atoms with van der Waals surface area (Å²) in [6.07, 6.45) is 3.23. The Labute approximate surface area is 135 Å². The third-order valence-electron chi connectivity index (χ3n) is 3.35. The van der Waals surface area contributed by atoms with Gasteiger partial charge in [0.15, 0.2) is 0 Å². The Hall–Kier alpha value is -1.46. The lowest BCUT2D eigenvalue weighted by molar-refractivity contribution is -0.130. The molecule has 0 aromatic heterocycles. The highest BCUT2D eigenvalue weighted by molar-refractivity contribution is 6.34. The first-order valence-electron chi connectivity index (χ1n) is 6.69. The molecule has 0 bridgehead atoms. The van der Waals surface area contributed by atoms with Gasteiger partial charge in [-0.15, -0.1) is 12.4 Å². The minimum absolute atomic E-state index is 0. The van der Waals surface area contributed by atoms with Crippen LogP contribution in [0.1, 0.15) is 29.6 Å². The van der Waals surface area contributed by atoms with Gasteiger partial charge in [-0.1, -0.05) is 11.6 Å². The van der Waals surface area contributed by atoms with E-state index in [1.807, 2.05) is 0 Å². The lowest BCUT2D eigenvalue weighted by Gasteiger charge is -2.26. The normalized spacial score (nSPS) is 14.2. The van der Waals surface area contributed by atoms with Crippen LogP contribution >= 0.6 is 24.0 Å². The van der Waals surface area contributed by atoms with Gasteiger partial charge >= 0.3 is 0 Å². The summed E-state index contributed by atoms with van der Waals surface area (Å²) >= 11 is 5.95. The fourth-order valence-electron chi connectivity index (χ4n) is 2.22. The average Bonchev–Trinajstić information content (AvgIpc) is 2.45. The number of halogens is 2. The van der Waals surface area contributed by atoms with Crippen molar-refractivity contribution in [2.24, 2.45) is 0 Å². The fourth-order valence-corrected chi connectivity index (χ4v) is 2.50. The Balaban J connectivity index is 0.00000220. The van der Waals surface area contributed by atoms with Gasteiger partial charge in [-0.3, -0.25) is 9.59 Å². The molecule has 0 aliphatic carbocycles. The number of nitrogens with zero attached hydrogens (tertiary/aromatic N) is 1. The summed E-state index contributed by atoms with van der Waals surface area (Å²) in [5, 5.41) is 2.89. The summed E-state index contributed by atoms with van der Waals surface area (Å²) < 4.78 is 0. The zero-order chi connectivity index (χ0) is 14.5. The number of rotatable bonds is 3. The van der Waals surface area contributed by atoms with Crippen molar-refractivity contribution in [2.75, 3.05) is 25.4 Å². The molecule has 1 aliphatic rings. The number of hydrogen-bond donors (Lipinski definition) is 2. The second kappa shape index (κ2) is 8.10. The van der Waals surface area contributed by atoms with E-state index in [-0.39, 0.29) is 35.8 Å². The number of nitrogens with two attached hydrogens (primary N) is 1. The molecule has 3 N–H and O–H groups in total. The zero-order valence-electron chi connectivity index (χ0n) is 11.6. The third kappa shape index (κ3) is 4.79. The first-order valence-corrected chi connectivity index (χ1v) is 7.07. The summed E-state index contributed by atoms with van der Waals surface area (Å²) in [6.45, 7) is 1.55. The molecule has 21 heavy (non-hydrogen) atoms. The van der Waals surface area contributed by atoms with E-state index in [9.17, 15) is 9.59 Å². The molecular weight excluding hydrogens is 313 g/mol. The van der Waals surface area contributed by atoms with Gasteiger partial charge in [0.25, 0.3) is 5.91 Å². The smallest absolute Gasteiger partial charge is 0.253 e. The van der Waals surface area contributed by atoms with Crippen LogP contribution in [0.25, 0.3) is 0 Å². The first-order chi connectivity index (χ1) is 9.58. The van der Waals surface area contributed by atoms with Crippen molar-refractivity contribution in [3.63, 3.8) is 0 Å². The number of piperidine rings is 1. The van der Waals surface area contributed by atoms with Gasteiger partial charge in [-0.25, -0.2) is 0 Å². The molecule has 2 amide bonds. The summed E-state index contributed by atoms with van der Waals surface area (Å²) in [7, 11) is 0. The topological polar surface area (TPSA) is 75.4 Å². The van der Waals surface area contributed by atoms with Crippen LogP contribution in [-0.4, -0.2) is 36.3 Å². The number of nitrogen functional groups attached to an aromatic ring is 1. The van der Waals surface area contributed by atoms with Gasteiger partial charge in [0.1, 0.15) is 0 Å². The van der Waals surface area contributed by atoms with Crippen molar-refractivity contribution < 1.29 is 9.59 Å². The Kier molecular flexibility index (Phi) is 6.78. The van der Waals surface area contributed by atoms with Crippen LogP contribution in [0.3, 0.4) is 0 Å². The number of anilines is 1. The van der Waals surface area contributed by atoms with Crippen LogP contribution in [0, 0.1) is 0 Å². The van der Waals surface area contributed by atoms with E-state index in [0.717, 1.165) is 32.4 Å². The van der Waals surface area contributed by atoms with Crippen molar-refractivity contribution in [1.29, 1.82) is 0 Å². The van der Waals surface area contributed by atoms with Gasteiger partial charge in [-0.2, -0.15) is 0 Å². The molecule has 0 unspecified atom stereocenters. The SMILES string of the molecule is Cl.Nc1ccc(C(=O)NCC(=O)N2CCCCC2)c(Cl)c1. The molecule has 2 rings (SSSR count). The van der Waals surface area contributed by atoms with Crippen LogP contribution in [0.2, 0.25) is 5.02 Å². The average molecular weight is 332 g/mol. The van der Waals surface area contributed by atoms with Gasteiger partial charge in [0.05, 0.1) is 17.1 Å². The second-order valence-corrected chi connectivity index (χ2v) is 5.27. The minimum atomic E-state index is -0.361. The first kappa shape index (κ1) is 17.6. The zero-order valence-corrected chi connectivity index (χ0v) is 13.2. The summed E-state index contributed by atoms with van der Waals surface area (Å²) in [5.41, 5.74) is 6.39. The molecule has 1 aliphatic heterocycles. The fraction of sp³-hybridized carbons (Fsp3) is 0.429. The predicted octanol–water partition coefficient (Wildman–Crippen LogP) is 2.09. The predicted molar refractivity (Wildman–Crippen MR) is 85.9 cm³/mol. The van der Waals surface area contributed by atoms with Crippen LogP contribution in [0.15, 0.2) is 18.2 Å². The van der Waals surface area contributed by atoms with E-state index in [2.05, 4.69) is 5.32 Å². The van der Waals surface area contributed by atoms with E-state index in [1.54, 1.807) is 17.0 Å². The number of nitrogens with one attached hydrogen (secondary N) is 1. The molecule has 0 saturated carbocycles. The molecule has 1 fully saturated rings. The molecule has 1 saturated heterocycles. The maximum atomic E-state index is 12.0. The molecule has 0 radical (unpaired) electrons. The maximum absolute atomic E-state index is 12.0. The van der Waals surface area contributed by atoms with Crippen LogP contribution in [0.4, 0.5) is 5.69 Å². The summed E-state index contributed by atoms with van der Waals surface area (Å²) in [4.78, 5) is 25.7. The van der Waals surface area contributed by atoms with Crippen LogP contribution in [0.5, 0.6) is 0 Å². The Morgan fingerprint density at radius 3 is 2.52 bits per heavy atom. The third-order valence-corrected chi connectivity index (χ3v) is 3.66. The molecule has 7 heteroatoms. The van der Waals surface area contributed by atoms with Gasteiger partial charge in [-0.05, 0) is 37.5 Å². The molecule has 0 spiro atoms. The molecule has 1 aromatic rings. The molecule has 5 nitrogen and oxygen atoms in total. The van der Waals surface area contributed by atoms with E-state index in [1.165, 1.54) is 6.07 Å². The highest BCUT2D eigenvalue weighted by Crippen LogP contribution is 2.18. The number of carbonyl (C=O) groups is 2.